The van der Waals surface area contributed by atoms with Gasteiger partial charge in [-0.25, -0.2) is 0 Å². The summed E-state index contributed by atoms with van der Waals surface area (Å²) in [4.78, 5) is 26.2. The number of pyridine rings is 1. The first kappa shape index (κ1) is 17.4. The molecule has 1 N–H and O–H groups in total. The molecule has 1 aromatic carbocycles. The summed E-state index contributed by atoms with van der Waals surface area (Å²) in [7, 11) is 0. The van der Waals surface area contributed by atoms with Gasteiger partial charge in [0.15, 0.2) is 0 Å². The van der Waals surface area contributed by atoms with Crippen molar-refractivity contribution in [3.8, 4) is 11.5 Å². The first-order valence-corrected chi connectivity index (χ1v) is 7.75. The van der Waals surface area contributed by atoms with Crippen molar-refractivity contribution in [2.45, 2.75) is 6.92 Å². The third-order valence-corrected chi connectivity index (χ3v) is 3.69. The molecule has 0 aliphatic heterocycles. The molecule has 0 aliphatic carbocycles. The molecule has 0 spiro atoms. The number of amides is 1. The van der Waals surface area contributed by atoms with Crippen LogP contribution in [0.5, 0.6) is 11.5 Å². The standard InChI is InChI=1S/C17H12ClN3O5/c1-10-13(9-16(25-10)21(23)24)17(22)20-11-2-3-15(14(18)8-11)26-12-4-6-19-7-5-12/h2-9H,1H3,(H,20,22). The molecule has 3 aromatic rings. The lowest BCUT2D eigenvalue weighted by atomic mass is 10.2. The molecule has 2 aromatic heterocycles. The van der Waals surface area contributed by atoms with Crippen LogP contribution in [-0.2, 0) is 0 Å². The Balaban J connectivity index is 1.75. The monoisotopic (exact) mass is 373 g/mol. The minimum atomic E-state index is -0.702. The Morgan fingerprint density at radius 2 is 2.00 bits per heavy atom. The van der Waals surface area contributed by atoms with Gasteiger partial charge in [0.1, 0.15) is 22.2 Å². The maximum absolute atomic E-state index is 12.3. The number of carbonyl (C=O) groups excluding carboxylic acids is 1. The zero-order chi connectivity index (χ0) is 18.7. The lowest BCUT2D eigenvalue weighted by Gasteiger charge is -2.09. The average molecular weight is 374 g/mol. The van der Waals surface area contributed by atoms with E-state index in [4.69, 9.17) is 20.8 Å². The Labute approximate surface area is 152 Å². The van der Waals surface area contributed by atoms with Crippen LogP contribution in [0.3, 0.4) is 0 Å². The molecule has 132 valence electrons. The van der Waals surface area contributed by atoms with Crippen LogP contribution in [0.15, 0.2) is 53.2 Å². The second kappa shape index (κ2) is 7.24. The smallest absolute Gasteiger partial charge is 0.434 e. The van der Waals surface area contributed by atoms with Crippen molar-refractivity contribution >= 4 is 29.1 Å². The lowest BCUT2D eigenvalue weighted by molar-refractivity contribution is -0.402. The number of ether oxygens (including phenoxy) is 1. The number of aryl methyl sites for hydroxylation is 1. The van der Waals surface area contributed by atoms with Crippen LogP contribution in [0, 0.1) is 17.0 Å². The predicted molar refractivity (Wildman–Crippen MR) is 93.8 cm³/mol. The van der Waals surface area contributed by atoms with Crippen molar-refractivity contribution in [1.82, 2.24) is 4.98 Å². The normalized spacial score (nSPS) is 10.4. The molecule has 2 heterocycles. The largest absolute Gasteiger partial charge is 0.456 e. The molecular formula is C17H12ClN3O5. The first-order chi connectivity index (χ1) is 12.4. The number of carbonyl (C=O) groups is 1. The summed E-state index contributed by atoms with van der Waals surface area (Å²) in [6.07, 6.45) is 3.18. The Hall–Kier alpha value is -3.39. The maximum atomic E-state index is 12.3. The summed E-state index contributed by atoms with van der Waals surface area (Å²) in [5, 5.41) is 13.6. The number of nitrogens with one attached hydrogen (secondary N) is 1. The molecule has 9 heteroatoms. The van der Waals surface area contributed by atoms with E-state index < -0.39 is 16.7 Å². The number of rotatable bonds is 5. The van der Waals surface area contributed by atoms with Crippen LogP contribution < -0.4 is 10.1 Å². The zero-order valence-electron chi connectivity index (χ0n) is 13.4. The summed E-state index contributed by atoms with van der Waals surface area (Å²) >= 11 is 6.19. The van der Waals surface area contributed by atoms with Gasteiger partial charge in [0.25, 0.3) is 5.91 Å². The van der Waals surface area contributed by atoms with E-state index in [-0.39, 0.29) is 16.3 Å². The number of hydrogen-bond donors (Lipinski definition) is 1. The molecule has 3 rings (SSSR count). The molecular weight excluding hydrogens is 362 g/mol. The number of anilines is 1. The van der Waals surface area contributed by atoms with E-state index in [9.17, 15) is 14.9 Å². The molecule has 0 bridgehead atoms. The number of halogens is 1. The van der Waals surface area contributed by atoms with Crippen LogP contribution in [0.25, 0.3) is 0 Å². The number of nitro groups is 1. The van der Waals surface area contributed by atoms with E-state index in [2.05, 4.69) is 10.3 Å². The average Bonchev–Trinajstić information content (AvgIpc) is 3.00. The van der Waals surface area contributed by atoms with Crippen molar-refractivity contribution < 1.29 is 18.9 Å². The summed E-state index contributed by atoms with van der Waals surface area (Å²) < 4.78 is 10.6. The van der Waals surface area contributed by atoms with Gasteiger partial charge >= 0.3 is 5.88 Å². The van der Waals surface area contributed by atoms with Crippen molar-refractivity contribution in [1.29, 1.82) is 0 Å². The fourth-order valence-corrected chi connectivity index (χ4v) is 2.39. The first-order valence-electron chi connectivity index (χ1n) is 7.37. The van der Waals surface area contributed by atoms with Crippen molar-refractivity contribution in [3.63, 3.8) is 0 Å². The van der Waals surface area contributed by atoms with E-state index in [1.54, 1.807) is 36.7 Å². The zero-order valence-corrected chi connectivity index (χ0v) is 14.2. The van der Waals surface area contributed by atoms with Crippen molar-refractivity contribution in [2.75, 3.05) is 5.32 Å². The highest BCUT2D eigenvalue weighted by Crippen LogP contribution is 2.32. The van der Waals surface area contributed by atoms with Gasteiger partial charge in [0, 0.05) is 18.1 Å². The molecule has 1 amide bonds. The Morgan fingerprint density at radius 3 is 2.62 bits per heavy atom. The van der Waals surface area contributed by atoms with Crippen LogP contribution in [0.4, 0.5) is 11.6 Å². The lowest BCUT2D eigenvalue weighted by Crippen LogP contribution is -2.12. The van der Waals surface area contributed by atoms with Gasteiger partial charge in [0.2, 0.25) is 0 Å². The number of aromatic nitrogens is 1. The van der Waals surface area contributed by atoms with Crippen LogP contribution >= 0.6 is 11.6 Å². The van der Waals surface area contributed by atoms with Crippen LogP contribution in [0.2, 0.25) is 5.02 Å². The number of nitrogens with zero attached hydrogens (tertiary/aromatic N) is 2. The number of benzene rings is 1. The summed E-state index contributed by atoms with van der Waals surface area (Å²) in [5.74, 6) is 0.0916. The topological polar surface area (TPSA) is 108 Å². The Bertz CT molecular complexity index is 972. The quantitative estimate of drug-likeness (QED) is 0.517. The summed E-state index contributed by atoms with van der Waals surface area (Å²) in [6.45, 7) is 1.47. The fraction of sp³-hybridized carbons (Fsp3) is 0.0588. The van der Waals surface area contributed by atoms with Gasteiger partial charge < -0.3 is 14.5 Å². The second-order valence-corrected chi connectivity index (χ2v) is 5.60. The maximum Gasteiger partial charge on any atom is 0.434 e. The Kier molecular flexibility index (Phi) is 4.85. The van der Waals surface area contributed by atoms with E-state index in [1.807, 2.05) is 0 Å². The molecule has 0 radical (unpaired) electrons. The second-order valence-electron chi connectivity index (χ2n) is 5.20. The minimum absolute atomic E-state index is 0.0740. The third-order valence-electron chi connectivity index (χ3n) is 3.40. The van der Waals surface area contributed by atoms with Gasteiger partial charge in [-0.05, 0) is 37.3 Å². The highest BCUT2D eigenvalue weighted by Gasteiger charge is 2.21. The highest BCUT2D eigenvalue weighted by molar-refractivity contribution is 6.32. The molecule has 0 saturated carbocycles. The van der Waals surface area contributed by atoms with Gasteiger partial charge in [0.05, 0.1) is 16.7 Å². The molecule has 26 heavy (non-hydrogen) atoms. The predicted octanol–water partition coefficient (Wildman–Crippen LogP) is 4.59. The molecule has 0 atom stereocenters. The van der Waals surface area contributed by atoms with E-state index in [0.717, 1.165) is 6.07 Å². The molecule has 0 aliphatic rings. The molecule has 0 saturated heterocycles. The van der Waals surface area contributed by atoms with E-state index in [1.165, 1.54) is 13.0 Å². The molecule has 0 unspecified atom stereocenters. The number of hydrogen-bond acceptors (Lipinski definition) is 6. The molecule has 8 nitrogen and oxygen atoms in total. The van der Waals surface area contributed by atoms with Gasteiger partial charge in [-0.2, -0.15) is 0 Å². The van der Waals surface area contributed by atoms with Gasteiger partial charge in [-0.3, -0.25) is 19.9 Å². The third kappa shape index (κ3) is 3.81. The van der Waals surface area contributed by atoms with Gasteiger partial charge in [-0.1, -0.05) is 11.6 Å². The molecule has 0 fully saturated rings. The van der Waals surface area contributed by atoms with E-state index >= 15 is 0 Å². The van der Waals surface area contributed by atoms with Crippen molar-refractivity contribution in [3.05, 3.63) is 75.3 Å². The summed E-state index contributed by atoms with van der Waals surface area (Å²) in [6, 6.07) is 9.15. The minimum Gasteiger partial charge on any atom is -0.456 e. The highest BCUT2D eigenvalue weighted by atomic mass is 35.5. The number of furan rings is 1. The van der Waals surface area contributed by atoms with Crippen LogP contribution in [0.1, 0.15) is 16.1 Å². The SMILES string of the molecule is Cc1oc([N+](=O)[O-])cc1C(=O)Nc1ccc(Oc2ccncc2)c(Cl)c1. The Morgan fingerprint density at radius 1 is 1.27 bits per heavy atom. The fourth-order valence-electron chi connectivity index (χ4n) is 2.17. The van der Waals surface area contributed by atoms with Gasteiger partial charge in [-0.15, -0.1) is 0 Å². The van der Waals surface area contributed by atoms with Crippen molar-refractivity contribution in [2.24, 2.45) is 0 Å². The van der Waals surface area contributed by atoms with E-state index in [0.29, 0.717) is 17.2 Å². The van der Waals surface area contributed by atoms with Crippen LogP contribution in [-0.4, -0.2) is 15.8 Å². The summed E-state index contributed by atoms with van der Waals surface area (Å²) in [5.41, 5.74) is 0.482.